The molecular formula is C18H14BrF3N2OS. The van der Waals surface area contributed by atoms with Crippen molar-refractivity contribution in [3.63, 3.8) is 0 Å². The average Bonchev–Trinajstić information content (AvgIpc) is 3.08. The quantitative estimate of drug-likeness (QED) is 0.653. The number of alkyl halides is 3. The van der Waals surface area contributed by atoms with Crippen molar-refractivity contribution >= 4 is 38.8 Å². The van der Waals surface area contributed by atoms with Crippen LogP contribution in [0.25, 0.3) is 0 Å². The zero-order valence-corrected chi connectivity index (χ0v) is 15.9. The number of nitrogens with zero attached hydrogens (tertiary/aromatic N) is 2. The maximum Gasteiger partial charge on any atom is 0.416 e. The summed E-state index contributed by atoms with van der Waals surface area (Å²) in [5, 5.41) is 0.589. The van der Waals surface area contributed by atoms with E-state index in [0.717, 1.165) is 17.7 Å². The smallest absolute Gasteiger partial charge is 0.286 e. The van der Waals surface area contributed by atoms with E-state index in [0.29, 0.717) is 34.0 Å². The lowest BCUT2D eigenvalue weighted by molar-refractivity contribution is -0.137. The van der Waals surface area contributed by atoms with Crippen LogP contribution in [0.2, 0.25) is 0 Å². The number of aliphatic imine (C=N–C) groups is 1. The summed E-state index contributed by atoms with van der Waals surface area (Å²) in [4.78, 5) is 18.7. The van der Waals surface area contributed by atoms with Crippen molar-refractivity contribution in [2.45, 2.75) is 11.9 Å². The maximum absolute atomic E-state index is 12.7. The number of hydrogen-bond donors (Lipinski definition) is 0. The van der Waals surface area contributed by atoms with Crippen molar-refractivity contribution in [1.29, 1.82) is 0 Å². The molecule has 1 aliphatic heterocycles. The number of thioether (sulfide) groups is 1. The van der Waals surface area contributed by atoms with Gasteiger partial charge in [-0.15, -0.1) is 0 Å². The molecule has 0 N–H and O–H groups in total. The maximum atomic E-state index is 12.7. The van der Waals surface area contributed by atoms with Crippen molar-refractivity contribution < 1.29 is 18.0 Å². The van der Waals surface area contributed by atoms with Crippen LogP contribution >= 0.6 is 27.7 Å². The van der Waals surface area contributed by atoms with Gasteiger partial charge in [0.2, 0.25) is 0 Å². The van der Waals surface area contributed by atoms with E-state index in [1.807, 2.05) is 6.07 Å². The lowest BCUT2D eigenvalue weighted by Crippen LogP contribution is -2.33. The van der Waals surface area contributed by atoms with E-state index in [-0.39, 0.29) is 5.91 Å². The Morgan fingerprint density at radius 1 is 1.15 bits per heavy atom. The normalized spacial score (nSPS) is 14.5. The third-order valence-corrected chi connectivity index (χ3v) is 5.58. The average molecular weight is 443 g/mol. The van der Waals surface area contributed by atoms with Crippen molar-refractivity contribution in [2.24, 2.45) is 4.99 Å². The molecule has 8 heteroatoms. The molecule has 26 heavy (non-hydrogen) atoms. The van der Waals surface area contributed by atoms with Crippen LogP contribution < -0.4 is 0 Å². The van der Waals surface area contributed by atoms with E-state index in [1.165, 1.54) is 23.9 Å². The number of rotatable bonds is 3. The van der Waals surface area contributed by atoms with E-state index < -0.39 is 11.7 Å². The highest BCUT2D eigenvalue weighted by atomic mass is 79.9. The van der Waals surface area contributed by atoms with E-state index in [4.69, 9.17) is 0 Å². The van der Waals surface area contributed by atoms with Crippen LogP contribution in [0.3, 0.4) is 0 Å². The molecule has 3 nitrogen and oxygen atoms in total. The fourth-order valence-electron chi connectivity index (χ4n) is 2.46. The summed E-state index contributed by atoms with van der Waals surface area (Å²) >= 11 is 4.72. The minimum atomic E-state index is -4.34. The minimum Gasteiger partial charge on any atom is -0.286 e. The zero-order chi connectivity index (χ0) is 18.7. The van der Waals surface area contributed by atoms with Gasteiger partial charge in [0.15, 0.2) is 5.17 Å². The standard InChI is InChI=1S/C18H14BrF3N2OS/c19-15-4-2-1-3-14(15)16(25)24-10-9-23-17(24)26-11-12-5-7-13(8-6-12)18(20,21)22/h1-8H,9-11H2. The molecule has 0 bridgehead atoms. The molecule has 2 aromatic rings. The molecule has 1 heterocycles. The van der Waals surface area contributed by atoms with Gasteiger partial charge in [-0.1, -0.05) is 36.0 Å². The highest BCUT2D eigenvalue weighted by Gasteiger charge is 2.30. The van der Waals surface area contributed by atoms with Crippen LogP contribution in [0.15, 0.2) is 58.0 Å². The van der Waals surface area contributed by atoms with Gasteiger partial charge in [0.25, 0.3) is 5.91 Å². The number of amides is 1. The Hall–Kier alpha value is -1.80. The van der Waals surface area contributed by atoms with E-state index in [1.54, 1.807) is 23.1 Å². The summed E-state index contributed by atoms with van der Waals surface area (Å²) in [7, 11) is 0. The Labute approximate surface area is 161 Å². The Bertz CT molecular complexity index is 837. The summed E-state index contributed by atoms with van der Waals surface area (Å²) in [6.07, 6.45) is -4.34. The number of halogens is 4. The Morgan fingerprint density at radius 3 is 2.50 bits per heavy atom. The molecule has 3 rings (SSSR count). The van der Waals surface area contributed by atoms with E-state index in [2.05, 4.69) is 20.9 Å². The van der Waals surface area contributed by atoms with Crippen molar-refractivity contribution in [3.8, 4) is 0 Å². The molecule has 0 spiro atoms. The molecule has 0 aromatic heterocycles. The predicted octanol–water partition coefficient (Wildman–Crippen LogP) is 5.21. The van der Waals surface area contributed by atoms with Crippen molar-refractivity contribution in [3.05, 3.63) is 69.7 Å². The summed E-state index contributed by atoms with van der Waals surface area (Å²) < 4.78 is 38.6. The number of hydrogen-bond acceptors (Lipinski definition) is 3. The third kappa shape index (κ3) is 4.29. The summed E-state index contributed by atoms with van der Waals surface area (Å²) in [6.45, 7) is 1.01. The monoisotopic (exact) mass is 442 g/mol. The first-order valence-corrected chi connectivity index (χ1v) is 9.54. The fraction of sp³-hybridized carbons (Fsp3) is 0.222. The summed E-state index contributed by atoms with van der Waals surface area (Å²) in [6, 6.07) is 12.2. The van der Waals surface area contributed by atoms with Gasteiger partial charge < -0.3 is 0 Å². The molecule has 1 aliphatic rings. The lowest BCUT2D eigenvalue weighted by atomic mass is 10.1. The van der Waals surface area contributed by atoms with Crippen LogP contribution in [0.4, 0.5) is 13.2 Å². The molecule has 1 amide bonds. The number of carbonyl (C=O) groups is 1. The predicted molar refractivity (Wildman–Crippen MR) is 100 cm³/mol. The number of amidine groups is 1. The van der Waals surface area contributed by atoms with Gasteiger partial charge in [-0.3, -0.25) is 14.7 Å². The highest BCUT2D eigenvalue weighted by Crippen LogP contribution is 2.30. The van der Waals surface area contributed by atoms with Gasteiger partial charge >= 0.3 is 6.18 Å². The molecule has 2 aromatic carbocycles. The second-order valence-corrected chi connectivity index (χ2v) is 7.38. The molecule has 0 aliphatic carbocycles. The molecular weight excluding hydrogens is 429 g/mol. The minimum absolute atomic E-state index is 0.145. The first kappa shape index (κ1) is 19.0. The Balaban J connectivity index is 1.66. The van der Waals surface area contributed by atoms with Crippen molar-refractivity contribution in [1.82, 2.24) is 4.90 Å². The Kier molecular flexibility index (Phi) is 5.72. The van der Waals surface area contributed by atoms with Crippen molar-refractivity contribution in [2.75, 3.05) is 13.1 Å². The Morgan fingerprint density at radius 2 is 1.85 bits per heavy atom. The first-order chi connectivity index (χ1) is 12.4. The molecule has 0 unspecified atom stereocenters. The van der Waals surface area contributed by atoms with Gasteiger partial charge in [0, 0.05) is 16.8 Å². The molecule has 0 saturated heterocycles. The van der Waals surface area contributed by atoms with Crippen LogP contribution in [0.1, 0.15) is 21.5 Å². The van der Waals surface area contributed by atoms with Gasteiger partial charge in [-0.05, 0) is 45.8 Å². The number of benzene rings is 2. The summed E-state index contributed by atoms with van der Waals surface area (Å²) in [5.74, 6) is 0.296. The fourth-order valence-corrected chi connectivity index (χ4v) is 3.91. The molecule has 0 radical (unpaired) electrons. The summed E-state index contributed by atoms with van der Waals surface area (Å²) in [5.41, 5.74) is 0.623. The second kappa shape index (κ2) is 7.84. The van der Waals surface area contributed by atoms with Crippen LogP contribution in [-0.4, -0.2) is 29.1 Å². The molecule has 0 atom stereocenters. The zero-order valence-electron chi connectivity index (χ0n) is 13.5. The molecule has 136 valence electrons. The van der Waals surface area contributed by atoms with Gasteiger partial charge in [-0.25, -0.2) is 0 Å². The van der Waals surface area contributed by atoms with Crippen LogP contribution in [0.5, 0.6) is 0 Å². The van der Waals surface area contributed by atoms with E-state index >= 15 is 0 Å². The third-order valence-electron chi connectivity index (χ3n) is 3.80. The highest BCUT2D eigenvalue weighted by molar-refractivity contribution is 9.10. The molecule has 0 fully saturated rings. The first-order valence-electron chi connectivity index (χ1n) is 7.76. The van der Waals surface area contributed by atoms with E-state index in [9.17, 15) is 18.0 Å². The van der Waals surface area contributed by atoms with Gasteiger partial charge in [0.1, 0.15) is 0 Å². The van der Waals surface area contributed by atoms with Gasteiger partial charge in [-0.2, -0.15) is 13.2 Å². The van der Waals surface area contributed by atoms with Crippen LogP contribution in [-0.2, 0) is 11.9 Å². The topological polar surface area (TPSA) is 32.7 Å². The lowest BCUT2D eigenvalue weighted by Gasteiger charge is -2.18. The SMILES string of the molecule is O=C(c1ccccc1Br)N1CCN=C1SCc1ccc(C(F)(F)F)cc1. The second-order valence-electron chi connectivity index (χ2n) is 5.58. The molecule has 0 saturated carbocycles. The van der Waals surface area contributed by atoms with Gasteiger partial charge in [0.05, 0.1) is 17.7 Å². The largest absolute Gasteiger partial charge is 0.416 e. The van der Waals surface area contributed by atoms with Crippen LogP contribution in [0, 0.1) is 0 Å². The number of carbonyl (C=O) groups excluding carboxylic acids is 1.